The van der Waals surface area contributed by atoms with Crippen molar-refractivity contribution in [3.63, 3.8) is 0 Å². The van der Waals surface area contributed by atoms with Gasteiger partial charge in [-0.25, -0.2) is 4.99 Å². The van der Waals surface area contributed by atoms with Gasteiger partial charge in [-0.05, 0) is 86.7 Å². The first-order chi connectivity index (χ1) is 22.5. The maximum atomic E-state index is 14.7. The number of hydrogen-bond acceptors (Lipinski definition) is 8. The quantitative estimate of drug-likeness (QED) is 0.422. The van der Waals surface area contributed by atoms with Crippen LogP contribution in [-0.4, -0.2) is 92.6 Å². The maximum absolute atomic E-state index is 14.7. The Kier molecular flexibility index (Phi) is 9.47. The molecule has 0 saturated carbocycles. The Morgan fingerprint density at radius 1 is 1.09 bits per heavy atom. The number of benzene rings is 2. The number of nitrogens with zero attached hydrogens (tertiary/aromatic N) is 6. The molecular formula is C36H43ClN6O3S. The van der Waals surface area contributed by atoms with Crippen LogP contribution >= 0.6 is 23.4 Å². The number of aliphatic hydroxyl groups excluding tert-OH is 1. The number of β-amino-alcohol motifs (C(OH)–C–C–N with tert-alkyl or cyclic N) is 1. The second-order valence-corrected chi connectivity index (χ2v) is 15.0. The van der Waals surface area contributed by atoms with Crippen LogP contribution in [0.3, 0.4) is 0 Å². The number of hydrogen-bond donors (Lipinski definition) is 1. The number of halogens is 1. The van der Waals surface area contributed by atoms with Crippen LogP contribution in [0.25, 0.3) is 0 Å². The summed E-state index contributed by atoms with van der Waals surface area (Å²) in [4.78, 5) is 42.9. The maximum Gasteiger partial charge on any atom is 0.263 e. The van der Waals surface area contributed by atoms with Crippen molar-refractivity contribution in [1.29, 1.82) is 5.26 Å². The number of rotatable bonds is 7. The van der Waals surface area contributed by atoms with Gasteiger partial charge in [-0.1, -0.05) is 49.7 Å². The van der Waals surface area contributed by atoms with E-state index in [1.165, 1.54) is 11.8 Å². The molecular weight excluding hydrogens is 632 g/mol. The molecule has 1 N–H and O–H groups in total. The average Bonchev–Trinajstić information content (AvgIpc) is 3.71. The smallest absolute Gasteiger partial charge is 0.263 e. The molecule has 2 aromatic rings. The van der Waals surface area contributed by atoms with Crippen LogP contribution in [0.2, 0.25) is 5.02 Å². The number of amidine groups is 1. The van der Waals surface area contributed by atoms with E-state index in [1.54, 1.807) is 0 Å². The number of carbonyl (C=O) groups excluding carboxylic acids is 2. The number of thioether (sulfide) groups is 1. The SMILES string of the molecule is CC(C)C1=C(C(=O)N2[C@H](C)CC[C@H]2C(=O)N2CCN(CCO)[C@H](C)C2)SC2=N[C@@](C)(c3ccc(C#N)cc3)[C@@H](c3ccc(Cl)cc3)N21. The van der Waals surface area contributed by atoms with Crippen LogP contribution in [0, 0.1) is 17.2 Å². The van der Waals surface area contributed by atoms with Gasteiger partial charge in [-0.3, -0.25) is 14.5 Å². The highest BCUT2D eigenvalue weighted by atomic mass is 35.5. The van der Waals surface area contributed by atoms with Crippen LogP contribution in [0.15, 0.2) is 64.1 Å². The first-order valence-corrected chi connectivity index (χ1v) is 17.7. The number of piperazine rings is 1. The highest BCUT2D eigenvalue weighted by molar-refractivity contribution is 8.18. The molecule has 4 heterocycles. The summed E-state index contributed by atoms with van der Waals surface area (Å²) in [5.41, 5.74) is 2.79. The summed E-state index contributed by atoms with van der Waals surface area (Å²) in [5, 5.41) is 20.3. The van der Waals surface area contributed by atoms with Crippen molar-refractivity contribution in [2.45, 2.75) is 77.2 Å². The summed E-state index contributed by atoms with van der Waals surface area (Å²) in [6.07, 6.45) is 1.41. The molecule has 0 radical (unpaired) electrons. The molecule has 4 aliphatic rings. The third-order valence-corrected chi connectivity index (χ3v) is 11.5. The van der Waals surface area contributed by atoms with Gasteiger partial charge in [0.25, 0.3) is 5.91 Å². The molecule has 0 spiro atoms. The van der Waals surface area contributed by atoms with Crippen molar-refractivity contribution in [3.8, 4) is 6.07 Å². The van der Waals surface area contributed by atoms with Crippen LogP contribution < -0.4 is 0 Å². The Balaban J connectivity index is 1.35. The first-order valence-electron chi connectivity index (χ1n) is 16.5. The fourth-order valence-electron chi connectivity index (χ4n) is 7.71. The van der Waals surface area contributed by atoms with E-state index in [1.807, 2.05) is 65.3 Å². The Hall–Kier alpha value is -3.36. The highest BCUT2D eigenvalue weighted by Gasteiger charge is 2.54. The Morgan fingerprint density at radius 3 is 2.40 bits per heavy atom. The number of aliphatic imine (C=N–C) groups is 1. The van der Waals surface area contributed by atoms with Gasteiger partial charge in [0.15, 0.2) is 5.17 Å². The average molecular weight is 675 g/mol. The molecule has 2 fully saturated rings. The summed E-state index contributed by atoms with van der Waals surface area (Å²) in [6, 6.07) is 16.9. The lowest BCUT2D eigenvalue weighted by atomic mass is 9.81. The molecule has 5 atom stereocenters. The van der Waals surface area contributed by atoms with Gasteiger partial charge in [0.05, 0.1) is 24.3 Å². The number of aliphatic hydroxyl groups is 1. The zero-order valence-corrected chi connectivity index (χ0v) is 29.3. The minimum Gasteiger partial charge on any atom is -0.395 e. The number of carbonyl (C=O) groups is 2. The standard InChI is InChI=1S/C36H43ClN6O3S/c1-22(2)30-31(34(46)42-23(3)6-15-29(42)33(45)41-17-16-40(18-19-44)24(4)21-41)47-35-39-36(5,27-11-7-25(20-38)8-12-27)32(43(30)35)26-9-13-28(37)14-10-26/h7-14,22-24,29,32,44H,6,15-19,21H2,1-5H3/t23-,24-,29+,32-,36+/m1/s1. The second-order valence-electron chi connectivity index (χ2n) is 13.6. The normalized spacial score (nSPS) is 27.8. The second kappa shape index (κ2) is 13.3. The summed E-state index contributed by atoms with van der Waals surface area (Å²) < 4.78 is 0. The van der Waals surface area contributed by atoms with Gasteiger partial charge >= 0.3 is 0 Å². The molecule has 2 saturated heterocycles. The Morgan fingerprint density at radius 2 is 1.79 bits per heavy atom. The zero-order chi connectivity index (χ0) is 33.6. The van der Waals surface area contributed by atoms with Gasteiger partial charge in [0.2, 0.25) is 5.91 Å². The summed E-state index contributed by atoms with van der Waals surface area (Å²) in [6.45, 7) is 13.0. The summed E-state index contributed by atoms with van der Waals surface area (Å²) >= 11 is 7.73. The number of allylic oxidation sites excluding steroid dienone is 1. The van der Waals surface area contributed by atoms with E-state index in [9.17, 15) is 20.0 Å². The summed E-state index contributed by atoms with van der Waals surface area (Å²) in [7, 11) is 0. The third-order valence-electron chi connectivity index (χ3n) is 10.2. The van der Waals surface area contributed by atoms with Crippen molar-refractivity contribution >= 4 is 40.3 Å². The Bertz CT molecular complexity index is 1640. The molecule has 9 nitrogen and oxygen atoms in total. The molecule has 0 aliphatic carbocycles. The van der Waals surface area contributed by atoms with E-state index in [4.69, 9.17) is 16.6 Å². The van der Waals surface area contributed by atoms with Crippen LogP contribution in [0.5, 0.6) is 0 Å². The van der Waals surface area contributed by atoms with Crippen molar-refractivity contribution in [1.82, 2.24) is 19.6 Å². The molecule has 6 rings (SSSR count). The van der Waals surface area contributed by atoms with E-state index >= 15 is 0 Å². The van der Waals surface area contributed by atoms with Crippen LogP contribution in [0.4, 0.5) is 0 Å². The lowest BCUT2D eigenvalue weighted by Crippen LogP contribution is -2.58. The fraction of sp³-hybridized carbons (Fsp3) is 0.500. The van der Waals surface area contributed by atoms with Crippen molar-refractivity contribution in [3.05, 3.63) is 80.8 Å². The van der Waals surface area contributed by atoms with Crippen LogP contribution in [-0.2, 0) is 15.1 Å². The molecule has 2 amide bonds. The summed E-state index contributed by atoms with van der Waals surface area (Å²) in [5.74, 6) is -0.0982. The van der Waals surface area contributed by atoms with E-state index in [-0.39, 0.29) is 42.5 Å². The Labute approximate surface area is 286 Å². The van der Waals surface area contributed by atoms with Crippen LogP contribution in [0.1, 0.15) is 70.2 Å². The number of fused-ring (bicyclic) bond motifs is 1. The fourth-order valence-corrected chi connectivity index (χ4v) is 9.19. The van der Waals surface area contributed by atoms with Gasteiger partial charge in [-0.15, -0.1) is 0 Å². The number of amides is 2. The molecule has 0 unspecified atom stereocenters. The zero-order valence-electron chi connectivity index (χ0n) is 27.7. The van der Waals surface area contributed by atoms with E-state index < -0.39 is 11.6 Å². The van der Waals surface area contributed by atoms with Gasteiger partial charge in [0.1, 0.15) is 16.5 Å². The van der Waals surface area contributed by atoms with Gasteiger partial charge in [-0.2, -0.15) is 5.26 Å². The van der Waals surface area contributed by atoms with Crippen molar-refractivity contribution in [2.75, 3.05) is 32.8 Å². The predicted octanol–water partition coefficient (Wildman–Crippen LogP) is 5.36. The van der Waals surface area contributed by atoms with E-state index in [2.05, 4.69) is 43.6 Å². The lowest BCUT2D eigenvalue weighted by Gasteiger charge is -2.41. The predicted molar refractivity (Wildman–Crippen MR) is 185 cm³/mol. The third kappa shape index (κ3) is 5.97. The highest BCUT2D eigenvalue weighted by Crippen LogP contribution is 2.56. The molecule has 4 aliphatic heterocycles. The van der Waals surface area contributed by atoms with E-state index in [0.717, 1.165) is 28.4 Å². The minimum atomic E-state index is -0.701. The van der Waals surface area contributed by atoms with Gasteiger partial charge < -0.3 is 19.8 Å². The molecule has 47 heavy (non-hydrogen) atoms. The monoisotopic (exact) mass is 674 g/mol. The molecule has 0 bridgehead atoms. The topological polar surface area (TPSA) is 103 Å². The van der Waals surface area contributed by atoms with Crippen molar-refractivity contribution < 1.29 is 14.7 Å². The molecule has 0 aromatic heterocycles. The van der Waals surface area contributed by atoms with Crippen molar-refractivity contribution in [2.24, 2.45) is 10.9 Å². The molecule has 2 aromatic carbocycles. The minimum absolute atomic E-state index is 0.000206. The number of nitriles is 1. The number of likely N-dealkylation sites (tertiary alicyclic amines) is 1. The lowest BCUT2D eigenvalue weighted by molar-refractivity contribution is -0.145. The van der Waals surface area contributed by atoms with Gasteiger partial charge in [0, 0.05) is 49.0 Å². The van der Waals surface area contributed by atoms with E-state index in [0.29, 0.717) is 48.1 Å². The first kappa shape index (κ1) is 33.5. The largest absolute Gasteiger partial charge is 0.395 e. The molecule has 248 valence electrons. The molecule has 11 heteroatoms.